The van der Waals surface area contributed by atoms with E-state index in [-0.39, 0.29) is 18.6 Å². The maximum absolute atomic E-state index is 11.8. The SMILES string of the molecule is Cc1ccc2c3c(ccc2n1)OC[C@H](CNC1CCN(C2=CCC4(C)OCC(=O)NC4=C2)CC1)O3. The Balaban J connectivity index is 1.03. The highest BCUT2D eigenvalue weighted by Gasteiger charge is 2.38. The fourth-order valence-electron chi connectivity index (χ4n) is 5.32. The van der Waals surface area contributed by atoms with Crippen molar-refractivity contribution >= 4 is 16.8 Å². The highest BCUT2D eigenvalue weighted by Crippen LogP contribution is 2.38. The van der Waals surface area contributed by atoms with E-state index in [0.717, 1.165) is 72.7 Å². The zero-order valence-electron chi connectivity index (χ0n) is 20.3. The Kier molecular flexibility index (Phi) is 5.65. The van der Waals surface area contributed by atoms with Gasteiger partial charge in [0.25, 0.3) is 0 Å². The van der Waals surface area contributed by atoms with Crippen LogP contribution in [0.2, 0.25) is 0 Å². The Labute approximate surface area is 205 Å². The molecule has 0 bridgehead atoms. The van der Waals surface area contributed by atoms with Crippen molar-refractivity contribution in [3.05, 3.63) is 53.5 Å². The first-order valence-corrected chi connectivity index (χ1v) is 12.5. The van der Waals surface area contributed by atoms with Gasteiger partial charge in [-0.2, -0.15) is 0 Å². The number of rotatable bonds is 4. The molecule has 6 rings (SSSR count). The number of morpholine rings is 1. The van der Waals surface area contributed by atoms with Gasteiger partial charge in [0.1, 0.15) is 24.9 Å². The molecular formula is C27H32N4O4. The minimum Gasteiger partial charge on any atom is -0.486 e. The summed E-state index contributed by atoms with van der Waals surface area (Å²) in [5.74, 6) is 1.51. The summed E-state index contributed by atoms with van der Waals surface area (Å²) >= 11 is 0. The van der Waals surface area contributed by atoms with Crippen LogP contribution in [0.1, 0.15) is 31.9 Å². The fourth-order valence-corrected chi connectivity index (χ4v) is 5.32. The number of pyridine rings is 1. The largest absolute Gasteiger partial charge is 0.486 e. The number of nitrogens with zero attached hydrogens (tertiary/aromatic N) is 2. The number of carbonyl (C=O) groups is 1. The zero-order valence-corrected chi connectivity index (χ0v) is 20.3. The molecule has 2 atom stereocenters. The number of fused-ring (bicyclic) bond motifs is 4. The van der Waals surface area contributed by atoms with Crippen molar-refractivity contribution in [1.82, 2.24) is 20.5 Å². The van der Waals surface area contributed by atoms with Crippen LogP contribution in [-0.2, 0) is 9.53 Å². The third kappa shape index (κ3) is 4.36. The van der Waals surface area contributed by atoms with Gasteiger partial charge in [-0.1, -0.05) is 6.08 Å². The van der Waals surface area contributed by atoms with E-state index in [2.05, 4.69) is 38.7 Å². The van der Waals surface area contributed by atoms with Crippen molar-refractivity contribution in [2.24, 2.45) is 0 Å². The Bertz CT molecular complexity index is 1220. The van der Waals surface area contributed by atoms with Crippen LogP contribution in [0.4, 0.5) is 0 Å². The second-order valence-corrected chi connectivity index (χ2v) is 10.1. The summed E-state index contributed by atoms with van der Waals surface area (Å²) in [6.07, 6.45) is 7.16. The first kappa shape index (κ1) is 22.4. The molecule has 35 heavy (non-hydrogen) atoms. The molecule has 0 saturated carbocycles. The summed E-state index contributed by atoms with van der Waals surface area (Å²) in [6, 6.07) is 8.45. The Hall–Kier alpha value is -3.10. The second-order valence-electron chi connectivity index (χ2n) is 10.1. The van der Waals surface area contributed by atoms with E-state index in [0.29, 0.717) is 12.6 Å². The first-order valence-electron chi connectivity index (χ1n) is 12.5. The van der Waals surface area contributed by atoms with Gasteiger partial charge in [0.15, 0.2) is 11.5 Å². The van der Waals surface area contributed by atoms with E-state index in [1.165, 1.54) is 5.70 Å². The van der Waals surface area contributed by atoms with Crippen LogP contribution in [-0.4, -0.2) is 66.4 Å². The first-order chi connectivity index (χ1) is 17.0. The molecule has 2 fully saturated rings. The van der Waals surface area contributed by atoms with Gasteiger partial charge >= 0.3 is 0 Å². The highest BCUT2D eigenvalue weighted by molar-refractivity contribution is 5.88. The topological polar surface area (TPSA) is 85.0 Å². The molecular weight excluding hydrogens is 444 g/mol. The highest BCUT2D eigenvalue weighted by atomic mass is 16.6. The molecule has 184 valence electrons. The number of hydrogen-bond acceptors (Lipinski definition) is 7. The predicted octanol–water partition coefficient (Wildman–Crippen LogP) is 2.81. The van der Waals surface area contributed by atoms with E-state index < -0.39 is 5.60 Å². The van der Waals surface area contributed by atoms with E-state index in [4.69, 9.17) is 14.2 Å². The molecule has 1 aliphatic carbocycles. The maximum atomic E-state index is 11.8. The lowest BCUT2D eigenvalue weighted by molar-refractivity contribution is -0.136. The van der Waals surface area contributed by atoms with Crippen molar-refractivity contribution < 1.29 is 19.0 Å². The molecule has 1 unspecified atom stereocenters. The second kappa shape index (κ2) is 8.84. The molecule has 4 aliphatic rings. The van der Waals surface area contributed by atoms with E-state index >= 15 is 0 Å². The lowest BCUT2D eigenvalue weighted by Gasteiger charge is -2.41. The summed E-state index contributed by atoms with van der Waals surface area (Å²) in [4.78, 5) is 18.8. The number of aryl methyl sites for hydroxylation is 1. The van der Waals surface area contributed by atoms with Crippen LogP contribution >= 0.6 is 0 Å². The van der Waals surface area contributed by atoms with E-state index in [9.17, 15) is 4.79 Å². The molecule has 1 aromatic heterocycles. The number of piperidine rings is 1. The summed E-state index contributed by atoms with van der Waals surface area (Å²) in [7, 11) is 0. The molecule has 2 saturated heterocycles. The molecule has 1 amide bonds. The van der Waals surface area contributed by atoms with Crippen molar-refractivity contribution in [1.29, 1.82) is 0 Å². The average Bonchev–Trinajstić information content (AvgIpc) is 2.87. The van der Waals surface area contributed by atoms with Crippen LogP contribution in [0, 0.1) is 6.92 Å². The van der Waals surface area contributed by atoms with Gasteiger partial charge in [-0.3, -0.25) is 9.78 Å². The van der Waals surface area contributed by atoms with Crippen LogP contribution in [0.5, 0.6) is 11.5 Å². The third-order valence-electron chi connectivity index (χ3n) is 7.49. The van der Waals surface area contributed by atoms with Crippen LogP contribution in [0.3, 0.4) is 0 Å². The number of nitrogens with one attached hydrogen (secondary N) is 2. The minimum absolute atomic E-state index is 0.0363. The van der Waals surface area contributed by atoms with Gasteiger partial charge in [-0.15, -0.1) is 0 Å². The zero-order chi connectivity index (χ0) is 24.0. The normalized spacial score (nSPS) is 26.6. The Morgan fingerprint density at radius 3 is 2.94 bits per heavy atom. The number of likely N-dealkylation sites (tertiary alicyclic amines) is 1. The molecule has 0 spiro atoms. The van der Waals surface area contributed by atoms with E-state index in [1.54, 1.807) is 0 Å². The van der Waals surface area contributed by atoms with Crippen molar-refractivity contribution in [2.75, 3.05) is 32.8 Å². The molecule has 2 N–H and O–H groups in total. The van der Waals surface area contributed by atoms with Gasteiger partial charge in [0.2, 0.25) is 5.91 Å². The summed E-state index contributed by atoms with van der Waals surface area (Å²) in [5, 5.41) is 7.70. The molecule has 1 aromatic carbocycles. The van der Waals surface area contributed by atoms with Gasteiger partial charge in [-0.05, 0) is 57.0 Å². The summed E-state index contributed by atoms with van der Waals surface area (Å²) < 4.78 is 18.2. The number of ether oxygens (including phenoxy) is 3. The number of amides is 1. The van der Waals surface area contributed by atoms with Gasteiger partial charge < -0.3 is 29.7 Å². The lowest BCUT2D eigenvalue weighted by Crippen LogP contribution is -2.50. The summed E-state index contributed by atoms with van der Waals surface area (Å²) in [5.41, 5.74) is 3.56. The minimum atomic E-state index is -0.418. The maximum Gasteiger partial charge on any atom is 0.250 e. The number of benzene rings is 1. The number of hydrogen-bond donors (Lipinski definition) is 2. The number of allylic oxidation sites excluding steroid dienone is 1. The Morgan fingerprint density at radius 1 is 1.23 bits per heavy atom. The molecule has 4 heterocycles. The summed E-state index contributed by atoms with van der Waals surface area (Å²) in [6.45, 7) is 7.39. The fraction of sp³-hybridized carbons (Fsp3) is 0.481. The molecule has 0 radical (unpaired) electrons. The number of aromatic nitrogens is 1. The quantitative estimate of drug-likeness (QED) is 0.702. The molecule has 3 aliphatic heterocycles. The average molecular weight is 477 g/mol. The predicted molar refractivity (Wildman–Crippen MR) is 132 cm³/mol. The van der Waals surface area contributed by atoms with Crippen molar-refractivity contribution in [2.45, 2.75) is 50.9 Å². The van der Waals surface area contributed by atoms with Crippen LogP contribution < -0.4 is 20.1 Å². The smallest absolute Gasteiger partial charge is 0.250 e. The van der Waals surface area contributed by atoms with Gasteiger partial charge in [-0.25, -0.2) is 0 Å². The lowest BCUT2D eigenvalue weighted by atomic mass is 9.90. The van der Waals surface area contributed by atoms with E-state index in [1.807, 2.05) is 32.0 Å². The van der Waals surface area contributed by atoms with Crippen LogP contribution in [0.15, 0.2) is 47.8 Å². The van der Waals surface area contributed by atoms with Crippen molar-refractivity contribution in [3.8, 4) is 11.5 Å². The Morgan fingerprint density at radius 2 is 2.09 bits per heavy atom. The van der Waals surface area contributed by atoms with Gasteiger partial charge in [0, 0.05) is 48.9 Å². The molecule has 8 nitrogen and oxygen atoms in total. The third-order valence-corrected chi connectivity index (χ3v) is 7.49. The van der Waals surface area contributed by atoms with Gasteiger partial charge in [0.05, 0.1) is 11.2 Å². The van der Waals surface area contributed by atoms with Crippen molar-refractivity contribution in [3.63, 3.8) is 0 Å². The standard InChI is InChI=1S/C27H32N4O4/c1-17-3-4-21-22(29-17)5-6-23-26(21)35-20(15-33-23)14-28-18-8-11-31(12-9-18)19-7-10-27(2)24(13-19)30-25(32)16-34-27/h3-7,13,18,20,28H,8-12,14-16H2,1-2H3,(H,30,32)/t20-,27?/m0/s1. The molecule has 2 aromatic rings. The van der Waals surface area contributed by atoms with Crippen LogP contribution in [0.25, 0.3) is 10.9 Å². The molecule has 8 heteroatoms. The number of carbonyl (C=O) groups excluding carboxylic acids is 1. The monoisotopic (exact) mass is 476 g/mol.